The summed E-state index contributed by atoms with van der Waals surface area (Å²) in [5, 5.41) is 0.570. The van der Waals surface area contributed by atoms with Gasteiger partial charge in [0.05, 0.1) is 4.91 Å². The zero-order chi connectivity index (χ0) is 19.2. The van der Waals surface area contributed by atoms with Crippen LogP contribution >= 0.6 is 35.6 Å². The lowest BCUT2D eigenvalue weighted by Crippen LogP contribution is -2.27. The quantitative estimate of drug-likeness (QED) is 0.358. The average Bonchev–Trinajstić information content (AvgIpc) is 2.94. The fraction of sp³-hybridized carbons (Fsp3) is 0.200. The topological polar surface area (TPSA) is 38.8 Å². The molecular weight excluding hydrogens is 402 g/mol. The average molecular weight is 420 g/mol. The van der Waals surface area contributed by atoms with E-state index in [0.29, 0.717) is 39.8 Å². The van der Waals surface area contributed by atoms with Gasteiger partial charge in [-0.1, -0.05) is 53.8 Å². The van der Waals surface area contributed by atoms with Gasteiger partial charge in [0.15, 0.2) is 0 Å². The van der Waals surface area contributed by atoms with Gasteiger partial charge in [-0.15, -0.1) is 0 Å². The molecule has 0 aromatic heterocycles. The van der Waals surface area contributed by atoms with Gasteiger partial charge >= 0.3 is 0 Å². The van der Waals surface area contributed by atoms with Crippen LogP contribution in [0.3, 0.4) is 0 Å². The maximum Gasteiger partial charge on any atom is 0.266 e. The molecule has 1 aliphatic rings. The minimum atomic E-state index is -0.0918. The zero-order valence-electron chi connectivity index (χ0n) is 14.7. The van der Waals surface area contributed by atoms with Gasteiger partial charge in [-0.05, 0) is 43.3 Å². The highest BCUT2D eigenvalue weighted by molar-refractivity contribution is 8.26. The number of carbonyl (C=O) groups is 1. The largest absolute Gasteiger partial charge is 0.490 e. The minimum absolute atomic E-state index is 0.0918. The molecule has 27 heavy (non-hydrogen) atoms. The van der Waals surface area contributed by atoms with Crippen molar-refractivity contribution >= 4 is 51.9 Å². The van der Waals surface area contributed by atoms with Crippen molar-refractivity contribution in [3.63, 3.8) is 0 Å². The molecule has 1 aliphatic heterocycles. The molecule has 0 unspecified atom stereocenters. The van der Waals surface area contributed by atoms with Crippen molar-refractivity contribution in [3.05, 3.63) is 64.0 Å². The van der Waals surface area contributed by atoms with Gasteiger partial charge in [-0.2, -0.15) is 0 Å². The van der Waals surface area contributed by atoms with E-state index in [2.05, 4.69) is 0 Å². The van der Waals surface area contributed by atoms with E-state index in [0.717, 1.165) is 11.3 Å². The summed E-state index contributed by atoms with van der Waals surface area (Å²) in [4.78, 5) is 14.6. The Hall–Kier alpha value is -2.02. The number of thioether (sulfide) groups is 1. The SMILES string of the molecule is CCN1C(=O)/C(=C/c2cc(Cl)ccc2OCCOc2ccccc2)SC1=S. The van der Waals surface area contributed by atoms with E-state index < -0.39 is 0 Å². The number of para-hydroxylation sites is 1. The first kappa shape index (κ1) is 19.7. The van der Waals surface area contributed by atoms with E-state index in [9.17, 15) is 4.79 Å². The molecule has 1 saturated heterocycles. The smallest absolute Gasteiger partial charge is 0.266 e. The van der Waals surface area contributed by atoms with E-state index >= 15 is 0 Å². The molecule has 0 spiro atoms. The third kappa shape index (κ3) is 5.03. The highest BCUT2D eigenvalue weighted by atomic mass is 35.5. The van der Waals surface area contributed by atoms with Crippen molar-refractivity contribution in [2.24, 2.45) is 0 Å². The van der Waals surface area contributed by atoms with Crippen molar-refractivity contribution in [2.45, 2.75) is 6.92 Å². The summed E-state index contributed by atoms with van der Waals surface area (Å²) in [5.74, 6) is 1.34. The maximum atomic E-state index is 12.4. The van der Waals surface area contributed by atoms with E-state index in [1.54, 1.807) is 29.2 Å². The number of ether oxygens (including phenoxy) is 2. The Kier molecular flexibility index (Phi) is 6.77. The summed E-state index contributed by atoms with van der Waals surface area (Å²) in [5.41, 5.74) is 0.735. The van der Waals surface area contributed by atoms with E-state index in [1.165, 1.54) is 11.8 Å². The third-order valence-corrected chi connectivity index (χ3v) is 5.41. The number of hydrogen-bond acceptors (Lipinski definition) is 5. The lowest BCUT2D eigenvalue weighted by molar-refractivity contribution is -0.121. The predicted octanol–water partition coefficient (Wildman–Crippen LogP) is 5.02. The second kappa shape index (κ2) is 9.26. The molecule has 0 saturated carbocycles. The lowest BCUT2D eigenvalue weighted by Gasteiger charge is -2.11. The molecule has 0 radical (unpaired) electrons. The number of likely N-dealkylation sites (N-methyl/N-ethyl adjacent to an activating group) is 1. The van der Waals surface area contributed by atoms with Crippen molar-refractivity contribution < 1.29 is 14.3 Å². The van der Waals surface area contributed by atoms with Gasteiger partial charge < -0.3 is 9.47 Å². The summed E-state index contributed by atoms with van der Waals surface area (Å²) in [7, 11) is 0. The van der Waals surface area contributed by atoms with Crippen LogP contribution in [0.2, 0.25) is 5.02 Å². The van der Waals surface area contributed by atoms with Crippen LogP contribution in [-0.2, 0) is 4.79 Å². The molecular formula is C20H18ClNO3S2. The van der Waals surface area contributed by atoms with Crippen LogP contribution in [-0.4, -0.2) is 34.9 Å². The number of halogens is 1. The summed E-state index contributed by atoms with van der Waals surface area (Å²) in [6.07, 6.45) is 1.77. The van der Waals surface area contributed by atoms with Crippen molar-refractivity contribution in [1.82, 2.24) is 4.90 Å². The van der Waals surface area contributed by atoms with Crippen molar-refractivity contribution in [2.75, 3.05) is 19.8 Å². The van der Waals surface area contributed by atoms with Crippen LogP contribution in [0.1, 0.15) is 12.5 Å². The molecule has 2 aromatic rings. The number of hydrogen-bond donors (Lipinski definition) is 0. The molecule has 7 heteroatoms. The Balaban J connectivity index is 1.69. The number of benzene rings is 2. The summed E-state index contributed by atoms with van der Waals surface area (Å²) in [6.45, 7) is 3.23. The first-order chi connectivity index (χ1) is 13.1. The fourth-order valence-corrected chi connectivity index (χ4v) is 4.06. The predicted molar refractivity (Wildman–Crippen MR) is 114 cm³/mol. The number of amides is 1. The monoisotopic (exact) mass is 419 g/mol. The van der Waals surface area contributed by atoms with Gasteiger partial charge in [0, 0.05) is 17.1 Å². The Bertz CT molecular complexity index is 871. The van der Waals surface area contributed by atoms with Gasteiger partial charge in [0.2, 0.25) is 0 Å². The molecule has 2 aromatic carbocycles. The van der Waals surface area contributed by atoms with Gasteiger partial charge in [0.25, 0.3) is 5.91 Å². The molecule has 1 fully saturated rings. The van der Waals surface area contributed by atoms with E-state index in [1.807, 2.05) is 37.3 Å². The van der Waals surface area contributed by atoms with Crippen LogP contribution in [0.15, 0.2) is 53.4 Å². The molecule has 3 rings (SSSR count). The molecule has 1 heterocycles. The van der Waals surface area contributed by atoms with Gasteiger partial charge in [-0.25, -0.2) is 0 Å². The molecule has 0 atom stereocenters. The Morgan fingerprint density at radius 1 is 1.15 bits per heavy atom. The molecule has 1 amide bonds. The maximum absolute atomic E-state index is 12.4. The normalized spacial score (nSPS) is 15.5. The Morgan fingerprint density at radius 3 is 2.59 bits per heavy atom. The van der Waals surface area contributed by atoms with Gasteiger partial charge in [0.1, 0.15) is 29.0 Å². The fourth-order valence-electron chi connectivity index (χ4n) is 2.51. The lowest BCUT2D eigenvalue weighted by atomic mass is 10.2. The number of thiocarbonyl (C=S) groups is 1. The molecule has 4 nitrogen and oxygen atoms in total. The molecule has 0 aliphatic carbocycles. The summed E-state index contributed by atoms with van der Waals surface area (Å²) < 4.78 is 12.0. The van der Waals surface area contributed by atoms with E-state index in [4.69, 9.17) is 33.3 Å². The van der Waals surface area contributed by atoms with Crippen LogP contribution in [0.5, 0.6) is 11.5 Å². The summed E-state index contributed by atoms with van der Waals surface area (Å²) >= 11 is 12.7. The van der Waals surface area contributed by atoms with Crippen LogP contribution < -0.4 is 9.47 Å². The van der Waals surface area contributed by atoms with Crippen LogP contribution in [0.25, 0.3) is 6.08 Å². The van der Waals surface area contributed by atoms with E-state index in [-0.39, 0.29) is 5.91 Å². The second-order valence-electron chi connectivity index (χ2n) is 5.62. The number of carbonyl (C=O) groups excluding carboxylic acids is 1. The highest BCUT2D eigenvalue weighted by Gasteiger charge is 2.30. The minimum Gasteiger partial charge on any atom is -0.490 e. The second-order valence-corrected chi connectivity index (χ2v) is 7.73. The molecule has 0 N–H and O–H groups in total. The van der Waals surface area contributed by atoms with Crippen LogP contribution in [0, 0.1) is 0 Å². The number of nitrogens with zero attached hydrogens (tertiary/aromatic N) is 1. The molecule has 140 valence electrons. The first-order valence-electron chi connectivity index (χ1n) is 8.44. The van der Waals surface area contributed by atoms with Crippen molar-refractivity contribution in [1.29, 1.82) is 0 Å². The molecule has 0 bridgehead atoms. The highest BCUT2D eigenvalue weighted by Crippen LogP contribution is 2.34. The first-order valence-corrected chi connectivity index (χ1v) is 10.0. The summed E-state index contributed by atoms with van der Waals surface area (Å²) in [6, 6.07) is 14.9. The Labute approximate surface area is 173 Å². The zero-order valence-corrected chi connectivity index (χ0v) is 17.1. The van der Waals surface area contributed by atoms with Gasteiger partial charge in [-0.3, -0.25) is 9.69 Å². The Morgan fingerprint density at radius 2 is 1.89 bits per heavy atom. The third-order valence-electron chi connectivity index (χ3n) is 3.80. The number of rotatable bonds is 7. The standard InChI is InChI=1S/C20H18ClNO3S2/c1-2-22-19(23)18(27-20(22)26)13-14-12-15(21)8-9-17(14)25-11-10-24-16-6-4-3-5-7-16/h3-9,12-13H,2,10-11H2,1H3/b18-13-. The van der Waals surface area contributed by atoms with Crippen LogP contribution in [0.4, 0.5) is 0 Å². The van der Waals surface area contributed by atoms with Crippen molar-refractivity contribution in [3.8, 4) is 11.5 Å².